The van der Waals surface area contributed by atoms with E-state index in [0.29, 0.717) is 0 Å². The largest absolute Gasteiger partial charge is 0.404 e. The van der Waals surface area contributed by atoms with Gasteiger partial charge in [0, 0.05) is 17.7 Å². The van der Waals surface area contributed by atoms with E-state index in [1.165, 1.54) is 77.9 Å². The van der Waals surface area contributed by atoms with Crippen LogP contribution in [0.3, 0.4) is 0 Å². The molecule has 51 heavy (non-hydrogen) atoms. The van der Waals surface area contributed by atoms with Gasteiger partial charge in [-0.2, -0.15) is 11.8 Å². The maximum Gasteiger partial charge on any atom is 0.0726 e. The topological polar surface area (TPSA) is 26.0 Å². The van der Waals surface area contributed by atoms with Gasteiger partial charge in [-0.15, -0.1) is 11.8 Å². The summed E-state index contributed by atoms with van der Waals surface area (Å²) >= 11 is 3.55. The monoisotopic (exact) mass is 697 g/mol. The molecule has 0 atom stereocenters. The van der Waals surface area contributed by atoms with E-state index in [1.807, 2.05) is 43.2 Å². The first-order valence-electron chi connectivity index (χ1n) is 17.6. The van der Waals surface area contributed by atoms with Crippen molar-refractivity contribution in [3.05, 3.63) is 191 Å². The van der Waals surface area contributed by atoms with Gasteiger partial charge >= 0.3 is 0 Å². The number of fused-ring (bicyclic) bond motifs is 10. The molecule has 3 heteroatoms. The van der Waals surface area contributed by atoms with Crippen LogP contribution in [0.15, 0.2) is 146 Å². The summed E-state index contributed by atoms with van der Waals surface area (Å²) < 4.78 is 0. The van der Waals surface area contributed by atoms with Gasteiger partial charge < -0.3 is 5.73 Å². The van der Waals surface area contributed by atoms with Gasteiger partial charge in [0.2, 0.25) is 0 Å². The van der Waals surface area contributed by atoms with Crippen LogP contribution in [0.2, 0.25) is 0 Å². The predicted molar refractivity (Wildman–Crippen MR) is 227 cm³/mol. The minimum absolute atomic E-state index is 0.482. The smallest absolute Gasteiger partial charge is 0.0726 e. The summed E-state index contributed by atoms with van der Waals surface area (Å²) in [7, 11) is 0. The van der Waals surface area contributed by atoms with Crippen LogP contribution in [-0.4, -0.2) is 6.26 Å². The van der Waals surface area contributed by atoms with Gasteiger partial charge in [0.05, 0.1) is 5.41 Å². The van der Waals surface area contributed by atoms with E-state index in [1.54, 1.807) is 18.0 Å². The molecule has 6 aromatic rings. The lowest BCUT2D eigenvalue weighted by Crippen LogP contribution is -2.26. The fourth-order valence-electron chi connectivity index (χ4n) is 8.13. The Balaban J connectivity index is 0.00000200. The second kappa shape index (κ2) is 14.7. The highest BCUT2D eigenvalue weighted by atomic mass is 32.2. The van der Waals surface area contributed by atoms with Crippen LogP contribution < -0.4 is 5.73 Å². The Morgan fingerprint density at radius 1 is 0.569 bits per heavy atom. The number of nitrogens with two attached hydrogens (primary N) is 1. The summed E-state index contributed by atoms with van der Waals surface area (Å²) in [5, 5.41) is 1.93. The van der Waals surface area contributed by atoms with E-state index in [4.69, 9.17) is 5.73 Å². The van der Waals surface area contributed by atoms with Crippen LogP contribution in [0, 0.1) is 0 Å². The summed E-state index contributed by atoms with van der Waals surface area (Å²) in [6, 6.07) is 45.6. The fourth-order valence-corrected chi connectivity index (χ4v) is 9.25. The van der Waals surface area contributed by atoms with Crippen molar-refractivity contribution in [2.45, 2.75) is 30.8 Å². The van der Waals surface area contributed by atoms with Gasteiger partial charge in [0.25, 0.3) is 0 Å². The van der Waals surface area contributed by atoms with E-state index in [9.17, 15) is 0 Å². The second-order valence-electron chi connectivity index (χ2n) is 12.7. The number of rotatable bonds is 9. The average molecular weight is 698 g/mol. The number of thioether (sulfide) groups is 2. The molecule has 1 spiro atoms. The summed E-state index contributed by atoms with van der Waals surface area (Å²) in [4.78, 5) is 0. The van der Waals surface area contributed by atoms with E-state index in [-0.39, 0.29) is 0 Å². The lowest BCUT2D eigenvalue weighted by atomic mass is 9.69. The van der Waals surface area contributed by atoms with Crippen LogP contribution in [0.25, 0.3) is 56.7 Å². The zero-order valence-corrected chi connectivity index (χ0v) is 31.2. The Bertz CT molecular complexity index is 2230. The van der Waals surface area contributed by atoms with E-state index in [2.05, 4.69) is 141 Å². The SMILES string of the molecule is C=Cc1c(-c2ccc(CS/C=C\N)cc2)cc2c(c1C=C)-c1ccc(-c3ccc(CSC)cc3)cc1C21c2ccccc2-c2ccccc21.CC. The van der Waals surface area contributed by atoms with Gasteiger partial charge in [0.1, 0.15) is 0 Å². The van der Waals surface area contributed by atoms with Crippen molar-refractivity contribution < 1.29 is 0 Å². The molecule has 0 heterocycles. The van der Waals surface area contributed by atoms with Crippen molar-refractivity contribution in [2.75, 3.05) is 6.26 Å². The molecule has 0 aliphatic heterocycles. The first kappa shape index (κ1) is 34.5. The molecule has 0 aromatic heterocycles. The maximum atomic E-state index is 5.57. The van der Waals surface area contributed by atoms with Crippen LogP contribution >= 0.6 is 23.5 Å². The molecule has 0 bridgehead atoms. The molecule has 2 N–H and O–H groups in total. The Morgan fingerprint density at radius 3 is 1.73 bits per heavy atom. The van der Waals surface area contributed by atoms with Gasteiger partial charge in [0.15, 0.2) is 0 Å². The molecule has 8 rings (SSSR count). The third-order valence-corrected chi connectivity index (χ3v) is 11.6. The lowest BCUT2D eigenvalue weighted by molar-refractivity contribution is 0.794. The molecule has 0 unspecified atom stereocenters. The zero-order valence-electron chi connectivity index (χ0n) is 29.6. The molecule has 6 aromatic carbocycles. The Hall–Kier alpha value is -4.96. The lowest BCUT2D eigenvalue weighted by Gasteiger charge is -2.31. The molecule has 0 saturated heterocycles. The summed E-state index contributed by atoms with van der Waals surface area (Å²) in [6.07, 6.45) is 7.79. The Kier molecular flexibility index (Phi) is 9.95. The van der Waals surface area contributed by atoms with Crippen molar-refractivity contribution in [1.82, 2.24) is 0 Å². The number of hydrogen-bond acceptors (Lipinski definition) is 3. The minimum atomic E-state index is -0.482. The van der Waals surface area contributed by atoms with Crippen LogP contribution in [0.5, 0.6) is 0 Å². The molecule has 1 nitrogen and oxygen atoms in total. The summed E-state index contributed by atoms with van der Waals surface area (Å²) in [5.41, 5.74) is 25.1. The molecule has 252 valence electrons. The fraction of sp³-hybridized carbons (Fsp3) is 0.125. The van der Waals surface area contributed by atoms with Gasteiger partial charge in [-0.05, 0) is 113 Å². The molecule has 0 saturated carbocycles. The van der Waals surface area contributed by atoms with Gasteiger partial charge in [-0.3, -0.25) is 0 Å². The first-order valence-corrected chi connectivity index (χ1v) is 20.0. The third-order valence-electron chi connectivity index (χ3n) is 10.2. The van der Waals surface area contributed by atoms with Crippen LogP contribution in [0.1, 0.15) is 58.4 Å². The Morgan fingerprint density at radius 2 is 1.14 bits per heavy atom. The van der Waals surface area contributed by atoms with Crippen molar-refractivity contribution >= 4 is 35.7 Å². The third kappa shape index (κ3) is 5.60. The highest BCUT2D eigenvalue weighted by Crippen LogP contribution is 2.64. The van der Waals surface area contributed by atoms with Crippen molar-refractivity contribution in [1.29, 1.82) is 0 Å². The molecule has 2 aliphatic carbocycles. The quantitative estimate of drug-likeness (QED) is 0.163. The van der Waals surface area contributed by atoms with E-state index in [0.717, 1.165) is 22.6 Å². The van der Waals surface area contributed by atoms with Crippen molar-refractivity contribution in [3.63, 3.8) is 0 Å². The summed E-state index contributed by atoms with van der Waals surface area (Å²) in [6.45, 7) is 12.7. The Labute approximate surface area is 312 Å². The number of hydrogen-bond donors (Lipinski definition) is 1. The first-order chi connectivity index (χ1) is 25.1. The standard InChI is InChI=1S/C46H37NS2.C2H6/c1-4-35-36(5-2)45-39-23-22-34(32-18-14-30(15-19-32)28-48-3)26-43(39)46(41-12-8-6-10-37(41)38-11-7-9-13-42(38)46)44(45)27-40(35)33-20-16-31(17-21-33)29-49-25-24-47;1-2/h4-27H,1-2,28-29,47H2,3H3;1-2H3/b25-24-;. The van der Waals surface area contributed by atoms with Crippen LogP contribution in [0.4, 0.5) is 0 Å². The van der Waals surface area contributed by atoms with Crippen molar-refractivity contribution in [2.24, 2.45) is 5.73 Å². The van der Waals surface area contributed by atoms with Gasteiger partial charge in [-0.25, -0.2) is 0 Å². The van der Waals surface area contributed by atoms with Gasteiger partial charge in [-0.1, -0.05) is 148 Å². The number of benzene rings is 6. The predicted octanol–water partition coefficient (Wildman–Crippen LogP) is 13.2. The van der Waals surface area contributed by atoms with E-state index >= 15 is 0 Å². The molecular formula is C48H43NS2. The molecule has 0 amide bonds. The molecule has 2 aliphatic rings. The maximum absolute atomic E-state index is 5.57. The second-order valence-corrected chi connectivity index (χ2v) is 14.4. The average Bonchev–Trinajstić information content (AvgIpc) is 3.65. The summed E-state index contributed by atoms with van der Waals surface area (Å²) in [5.74, 6) is 1.89. The normalized spacial score (nSPS) is 12.8. The van der Waals surface area contributed by atoms with E-state index < -0.39 is 5.41 Å². The molecular weight excluding hydrogens is 655 g/mol. The minimum Gasteiger partial charge on any atom is -0.404 e. The van der Waals surface area contributed by atoms with Crippen molar-refractivity contribution in [3.8, 4) is 44.5 Å². The highest BCUT2D eigenvalue weighted by molar-refractivity contribution is 8.01. The molecule has 0 radical (unpaired) electrons. The highest BCUT2D eigenvalue weighted by Gasteiger charge is 2.52. The molecule has 0 fully saturated rings. The van der Waals surface area contributed by atoms with Crippen LogP contribution in [-0.2, 0) is 16.9 Å². The zero-order chi connectivity index (χ0) is 35.5.